The Bertz CT molecular complexity index is 747. The Morgan fingerprint density at radius 1 is 1.00 bits per heavy atom. The third-order valence-electron chi connectivity index (χ3n) is 6.97. The van der Waals surface area contributed by atoms with Crippen molar-refractivity contribution < 1.29 is 19.0 Å². The molecule has 3 heterocycles. The quantitative estimate of drug-likeness (QED) is 0.247. The molecule has 0 bridgehead atoms. The van der Waals surface area contributed by atoms with E-state index in [-0.39, 0.29) is 23.2 Å². The molecule has 0 aromatic heterocycles. The predicted molar refractivity (Wildman–Crippen MR) is 136 cm³/mol. The van der Waals surface area contributed by atoms with Gasteiger partial charge in [0.05, 0.1) is 5.56 Å². The first-order valence-corrected chi connectivity index (χ1v) is 13.3. The maximum atomic E-state index is 13.2. The van der Waals surface area contributed by atoms with Gasteiger partial charge in [-0.2, -0.15) is 0 Å². The summed E-state index contributed by atoms with van der Waals surface area (Å²) in [4.78, 5) is 15.8. The number of likely N-dealkylation sites (tertiary alicyclic amines) is 1. The van der Waals surface area contributed by atoms with Crippen LogP contribution in [0.25, 0.3) is 0 Å². The number of benzene rings is 1. The zero-order chi connectivity index (χ0) is 20.6. The van der Waals surface area contributed by atoms with Crippen LogP contribution in [0.2, 0.25) is 0 Å². The minimum atomic E-state index is -0.190. The second-order valence-corrected chi connectivity index (χ2v) is 11.9. The van der Waals surface area contributed by atoms with E-state index in [2.05, 4.69) is 85.8 Å². The van der Waals surface area contributed by atoms with Crippen LogP contribution in [0.3, 0.4) is 0 Å². The smallest absolute Gasteiger partial charge is 0.339 e. The van der Waals surface area contributed by atoms with Gasteiger partial charge in [-0.3, -0.25) is 4.90 Å². The lowest BCUT2D eigenvalue weighted by molar-refractivity contribution is -0.159. The van der Waals surface area contributed by atoms with Gasteiger partial charge in [-0.15, -0.1) is 0 Å². The zero-order valence-corrected chi connectivity index (χ0v) is 23.0. The molecule has 3 fully saturated rings. The van der Waals surface area contributed by atoms with Crippen molar-refractivity contribution in [2.24, 2.45) is 0 Å². The Morgan fingerprint density at radius 2 is 1.52 bits per heavy atom. The fraction of sp³-hybridized carbons (Fsp3) is 0.667. The number of rotatable bonds is 2. The molecule has 0 amide bonds. The van der Waals surface area contributed by atoms with Gasteiger partial charge in [-0.1, -0.05) is 0 Å². The van der Waals surface area contributed by atoms with Crippen LogP contribution in [-0.4, -0.2) is 61.5 Å². The van der Waals surface area contributed by atoms with Crippen LogP contribution in [0.1, 0.15) is 48.9 Å². The maximum absolute atomic E-state index is 13.2. The highest BCUT2D eigenvalue weighted by atomic mass is 127. The van der Waals surface area contributed by atoms with Gasteiger partial charge >= 0.3 is 5.97 Å². The molecule has 0 radical (unpaired) electrons. The topological polar surface area (TPSA) is 48.0 Å². The number of piperidine rings is 1. The van der Waals surface area contributed by atoms with Crippen LogP contribution in [0, 0.1) is 10.7 Å². The van der Waals surface area contributed by atoms with Gasteiger partial charge in [0.15, 0.2) is 0 Å². The number of esters is 1. The van der Waals surface area contributed by atoms with E-state index in [0.29, 0.717) is 5.56 Å². The van der Waals surface area contributed by atoms with Crippen molar-refractivity contribution in [1.82, 2.24) is 4.90 Å². The molecule has 0 saturated carbocycles. The molecule has 29 heavy (non-hydrogen) atoms. The predicted octanol–water partition coefficient (Wildman–Crippen LogP) is 4.85. The van der Waals surface area contributed by atoms with Gasteiger partial charge < -0.3 is 14.2 Å². The summed E-state index contributed by atoms with van der Waals surface area (Å²) in [6.07, 6.45) is 5.70. The molecule has 1 aromatic carbocycles. The zero-order valence-electron chi connectivity index (χ0n) is 16.5. The van der Waals surface area contributed by atoms with Gasteiger partial charge in [0, 0.05) is 61.1 Å². The summed E-state index contributed by atoms with van der Waals surface area (Å²) in [7, 11) is 2.28. The van der Waals surface area contributed by atoms with Crippen molar-refractivity contribution in [3.63, 3.8) is 0 Å². The summed E-state index contributed by atoms with van der Waals surface area (Å²) >= 11 is 6.81. The van der Waals surface area contributed by atoms with Gasteiger partial charge in [-0.25, -0.2) is 4.79 Å². The summed E-state index contributed by atoms with van der Waals surface area (Å²) < 4.78 is 20.7. The van der Waals surface area contributed by atoms with Crippen molar-refractivity contribution in [3.8, 4) is 0 Å². The summed E-state index contributed by atoms with van der Waals surface area (Å²) in [6.45, 7) is 3.13. The van der Waals surface area contributed by atoms with Crippen molar-refractivity contribution in [1.29, 1.82) is 0 Å². The van der Waals surface area contributed by atoms with E-state index in [0.717, 1.165) is 75.7 Å². The van der Waals surface area contributed by atoms with Crippen LogP contribution in [0.4, 0.5) is 0 Å². The van der Waals surface area contributed by atoms with Crippen LogP contribution in [0.15, 0.2) is 12.1 Å². The molecule has 2 spiro atoms. The van der Waals surface area contributed by atoms with E-state index in [1.54, 1.807) is 0 Å². The monoisotopic (exact) mass is 737 g/mol. The van der Waals surface area contributed by atoms with Gasteiger partial charge in [0.25, 0.3) is 0 Å². The average molecular weight is 737 g/mol. The van der Waals surface area contributed by atoms with Crippen molar-refractivity contribution in [2.75, 3.05) is 33.5 Å². The fourth-order valence-corrected chi connectivity index (χ4v) is 7.66. The maximum Gasteiger partial charge on any atom is 0.339 e. The molecular weight excluding hydrogens is 711 g/mol. The van der Waals surface area contributed by atoms with E-state index >= 15 is 0 Å². The second kappa shape index (κ2) is 9.32. The Balaban J connectivity index is 1.60. The largest absolute Gasteiger partial charge is 0.459 e. The Kier molecular flexibility index (Phi) is 7.37. The molecule has 4 rings (SSSR count). The van der Waals surface area contributed by atoms with E-state index in [1.165, 1.54) is 0 Å². The molecule has 3 aliphatic heterocycles. The van der Waals surface area contributed by atoms with Gasteiger partial charge in [0.2, 0.25) is 0 Å². The first-order valence-electron chi connectivity index (χ1n) is 10.1. The molecule has 0 N–H and O–H groups in total. The highest BCUT2D eigenvalue weighted by molar-refractivity contribution is 14.1. The minimum Gasteiger partial charge on any atom is -0.459 e. The fourth-order valence-electron chi connectivity index (χ4n) is 5.28. The van der Waals surface area contributed by atoms with Crippen molar-refractivity contribution in [3.05, 3.63) is 28.4 Å². The molecule has 8 heteroatoms. The highest BCUT2D eigenvalue weighted by Gasteiger charge is 2.54. The lowest BCUT2D eigenvalue weighted by Gasteiger charge is -2.60. The third kappa shape index (κ3) is 4.62. The standard InChI is InChI=1S/C21H26I3NO4/c1-25-20(2-6-27-7-3-20)12-15(13-21(25)4-8-28-9-5-21)29-19(26)16-10-14(22)11-17(23)18(16)24/h10-11,15H,2-9,12-13H2,1H3. The Morgan fingerprint density at radius 3 is 2.03 bits per heavy atom. The lowest BCUT2D eigenvalue weighted by atomic mass is 9.69. The lowest BCUT2D eigenvalue weighted by Crippen LogP contribution is -2.67. The number of hydrogen-bond acceptors (Lipinski definition) is 5. The number of carbonyl (C=O) groups excluding carboxylic acids is 1. The summed E-state index contributed by atoms with van der Waals surface area (Å²) in [5.41, 5.74) is 0.777. The van der Waals surface area contributed by atoms with E-state index in [1.807, 2.05) is 6.07 Å². The normalized spacial score (nSPS) is 26.6. The van der Waals surface area contributed by atoms with Gasteiger partial charge in [0.1, 0.15) is 6.10 Å². The number of halogens is 3. The van der Waals surface area contributed by atoms with Crippen LogP contribution in [0.5, 0.6) is 0 Å². The molecule has 0 unspecified atom stereocenters. The molecule has 0 aliphatic carbocycles. The number of carbonyl (C=O) groups is 1. The molecule has 3 saturated heterocycles. The first kappa shape index (κ1) is 22.9. The summed E-state index contributed by atoms with van der Waals surface area (Å²) in [5, 5.41) is 0. The van der Waals surface area contributed by atoms with Crippen LogP contribution >= 0.6 is 67.8 Å². The first-order chi connectivity index (χ1) is 13.9. The molecule has 5 nitrogen and oxygen atoms in total. The molecule has 160 valence electrons. The molecule has 1 aromatic rings. The highest BCUT2D eigenvalue weighted by Crippen LogP contribution is 2.48. The molecular formula is C21H26I3NO4. The number of nitrogens with zero attached hydrogens (tertiary/aromatic N) is 1. The third-order valence-corrected chi connectivity index (χ3v) is 10.6. The van der Waals surface area contributed by atoms with Crippen molar-refractivity contribution in [2.45, 2.75) is 55.7 Å². The van der Waals surface area contributed by atoms with Crippen LogP contribution in [-0.2, 0) is 14.2 Å². The minimum absolute atomic E-state index is 0.0471. The Labute approximate surface area is 213 Å². The number of ether oxygens (including phenoxy) is 3. The van der Waals surface area contributed by atoms with Gasteiger partial charge in [-0.05, 0) is 113 Å². The van der Waals surface area contributed by atoms with E-state index in [4.69, 9.17) is 14.2 Å². The average Bonchev–Trinajstić information content (AvgIpc) is 2.70. The van der Waals surface area contributed by atoms with E-state index < -0.39 is 0 Å². The molecule has 0 atom stereocenters. The van der Waals surface area contributed by atoms with Crippen molar-refractivity contribution >= 4 is 73.7 Å². The summed E-state index contributed by atoms with van der Waals surface area (Å²) in [5.74, 6) is -0.190. The van der Waals surface area contributed by atoms with Crippen LogP contribution < -0.4 is 0 Å². The second-order valence-electron chi connectivity index (χ2n) is 8.42. The Hall–Kier alpha value is 0.760. The SMILES string of the molecule is CN1C2(CCOCC2)CC(OC(=O)c2cc(I)cc(I)c2I)CC12CCOCC2. The van der Waals surface area contributed by atoms with E-state index in [9.17, 15) is 4.79 Å². The molecule has 3 aliphatic rings. The number of hydrogen-bond donors (Lipinski definition) is 0. The summed E-state index contributed by atoms with van der Waals surface area (Å²) in [6, 6.07) is 4.03.